The van der Waals surface area contributed by atoms with Crippen LogP contribution in [0.1, 0.15) is 30.5 Å². The highest BCUT2D eigenvalue weighted by molar-refractivity contribution is 6.31. The molecule has 0 aliphatic carbocycles. The van der Waals surface area contributed by atoms with Gasteiger partial charge >= 0.3 is 5.92 Å². The fourth-order valence-corrected chi connectivity index (χ4v) is 2.67. The Hall–Kier alpha value is -2.55. The molecule has 0 aromatic carbocycles. The number of nitrogens with one attached hydrogen (secondary N) is 1. The predicted molar refractivity (Wildman–Crippen MR) is 85.0 cm³/mol. The van der Waals surface area contributed by atoms with Crippen molar-refractivity contribution in [3.05, 3.63) is 57.9 Å². The van der Waals surface area contributed by atoms with E-state index >= 15 is 0 Å². The molecule has 2 aromatic rings. The Morgan fingerprint density at radius 3 is 2.73 bits per heavy atom. The second-order valence-corrected chi connectivity index (χ2v) is 5.84. The van der Waals surface area contributed by atoms with Crippen molar-refractivity contribution >= 4 is 23.4 Å². The number of aliphatic carboxylic acids is 1. The van der Waals surface area contributed by atoms with E-state index in [9.17, 15) is 28.3 Å². The van der Waals surface area contributed by atoms with E-state index in [2.05, 4.69) is 10.3 Å². The number of hydrogen-bond acceptors (Lipinski definition) is 5. The van der Waals surface area contributed by atoms with Crippen molar-refractivity contribution in [1.29, 1.82) is 0 Å². The molecule has 140 valence electrons. The van der Waals surface area contributed by atoms with E-state index in [-0.39, 0.29) is 16.2 Å². The minimum absolute atomic E-state index is 0.00195. The van der Waals surface area contributed by atoms with Crippen molar-refractivity contribution < 1.29 is 27.8 Å². The van der Waals surface area contributed by atoms with Crippen molar-refractivity contribution in [3.63, 3.8) is 0 Å². The molecule has 0 amide bonds. The van der Waals surface area contributed by atoms with Crippen LogP contribution in [0.25, 0.3) is 0 Å². The lowest BCUT2D eigenvalue weighted by Gasteiger charge is -2.21. The second-order valence-electron chi connectivity index (χ2n) is 5.43. The number of carbonyl (C=O) groups is 1. The van der Waals surface area contributed by atoms with Crippen LogP contribution in [0.4, 0.5) is 19.0 Å². The normalized spacial score (nSPS) is 12.7. The Balaban J connectivity index is 2.31. The largest absolute Gasteiger partial charge is 0.618 e. The van der Waals surface area contributed by atoms with Crippen molar-refractivity contribution in [2.45, 2.75) is 25.2 Å². The number of carboxylic acids is 1. The molecule has 6 nitrogen and oxygen atoms in total. The van der Waals surface area contributed by atoms with Gasteiger partial charge in [-0.1, -0.05) is 18.5 Å². The molecular weight excluding hydrogens is 375 g/mol. The number of hydrogen-bond donors (Lipinski definition) is 1. The Morgan fingerprint density at radius 1 is 1.46 bits per heavy atom. The van der Waals surface area contributed by atoms with E-state index in [1.54, 1.807) is 0 Å². The average Bonchev–Trinajstić information content (AvgIpc) is 2.57. The van der Waals surface area contributed by atoms with E-state index in [0.29, 0.717) is 0 Å². The van der Waals surface area contributed by atoms with E-state index in [4.69, 9.17) is 11.6 Å². The molecule has 2 aromatic heterocycles. The molecule has 10 heteroatoms. The lowest BCUT2D eigenvalue weighted by Crippen LogP contribution is -2.41. The zero-order valence-electron chi connectivity index (χ0n) is 13.5. The highest BCUT2D eigenvalue weighted by atomic mass is 35.5. The van der Waals surface area contributed by atoms with Gasteiger partial charge in [-0.3, -0.25) is 0 Å². The van der Waals surface area contributed by atoms with Crippen molar-refractivity contribution in [2.75, 3.05) is 11.9 Å². The number of nitrogens with zero attached hydrogens (tertiary/aromatic N) is 2. The molecule has 0 saturated carbocycles. The number of carbonyl (C=O) groups excluding carboxylic acids is 1. The zero-order chi connectivity index (χ0) is 19.5. The number of halogens is 4. The first-order valence-electron chi connectivity index (χ1n) is 7.54. The van der Waals surface area contributed by atoms with Crippen LogP contribution in [0.2, 0.25) is 5.02 Å². The first kappa shape index (κ1) is 19.8. The minimum atomic E-state index is -3.63. The van der Waals surface area contributed by atoms with Gasteiger partial charge in [-0.2, -0.15) is 13.5 Å². The standard InChI is InChI=1S/C16H15ClF3N3O3/c1-2-9(15(24)25)12-10(17)7-21-14(13(12)18)22-8-16(19,20)11-5-3-4-6-23(11)26/h3-7,9H,2,8H2,1H3,(H,21,22)(H,24,25)/p-1. The van der Waals surface area contributed by atoms with Crippen LogP contribution in [-0.4, -0.2) is 17.5 Å². The molecule has 26 heavy (non-hydrogen) atoms. The quantitative estimate of drug-likeness (QED) is 0.578. The number of aromatic nitrogens is 2. The number of alkyl halides is 2. The fourth-order valence-electron chi connectivity index (χ4n) is 2.41. The van der Waals surface area contributed by atoms with Gasteiger partial charge in [0, 0.05) is 35.8 Å². The minimum Gasteiger partial charge on any atom is -0.618 e. The van der Waals surface area contributed by atoms with Crippen molar-refractivity contribution in [2.24, 2.45) is 0 Å². The van der Waals surface area contributed by atoms with Crippen LogP contribution < -0.4 is 15.2 Å². The Kier molecular flexibility index (Phi) is 5.91. The third kappa shape index (κ3) is 3.98. The number of carboxylic acid groups (broad SMARTS) is 1. The lowest BCUT2D eigenvalue weighted by molar-refractivity contribution is -0.624. The fraction of sp³-hybridized carbons (Fsp3) is 0.312. The van der Waals surface area contributed by atoms with Gasteiger partial charge in [-0.05, 0) is 12.5 Å². The summed E-state index contributed by atoms with van der Waals surface area (Å²) < 4.78 is 43.0. The molecule has 1 N–H and O–H groups in total. The highest BCUT2D eigenvalue weighted by Crippen LogP contribution is 2.33. The molecule has 0 aliphatic heterocycles. The molecule has 0 aliphatic rings. The van der Waals surface area contributed by atoms with Crippen LogP contribution in [0.5, 0.6) is 0 Å². The summed E-state index contributed by atoms with van der Waals surface area (Å²) in [5.41, 5.74) is -1.23. The van der Waals surface area contributed by atoms with Crippen LogP contribution in [0, 0.1) is 11.0 Å². The summed E-state index contributed by atoms with van der Waals surface area (Å²) in [6, 6.07) is 3.50. The van der Waals surface area contributed by atoms with E-state index in [1.807, 2.05) is 0 Å². The maximum Gasteiger partial charge on any atom is 0.347 e. The van der Waals surface area contributed by atoms with Gasteiger partial charge in [0.25, 0.3) is 5.69 Å². The Bertz CT molecular complexity index is 821. The van der Waals surface area contributed by atoms with Crippen molar-refractivity contribution in [3.8, 4) is 0 Å². The molecule has 0 spiro atoms. The van der Waals surface area contributed by atoms with E-state index in [0.717, 1.165) is 18.5 Å². The molecule has 1 unspecified atom stereocenters. The van der Waals surface area contributed by atoms with Crippen LogP contribution in [0.15, 0.2) is 30.6 Å². The Morgan fingerprint density at radius 2 is 2.15 bits per heavy atom. The van der Waals surface area contributed by atoms with Crippen LogP contribution >= 0.6 is 11.6 Å². The zero-order valence-corrected chi connectivity index (χ0v) is 14.3. The summed E-state index contributed by atoms with van der Waals surface area (Å²) >= 11 is 5.81. The van der Waals surface area contributed by atoms with E-state index < -0.39 is 47.2 Å². The number of rotatable bonds is 7. The third-order valence-corrected chi connectivity index (χ3v) is 4.03. The average molecular weight is 389 g/mol. The first-order valence-corrected chi connectivity index (χ1v) is 7.92. The summed E-state index contributed by atoms with van der Waals surface area (Å²) in [7, 11) is 0. The van der Waals surface area contributed by atoms with Gasteiger partial charge < -0.3 is 20.4 Å². The van der Waals surface area contributed by atoms with Gasteiger partial charge in [0.15, 0.2) is 17.8 Å². The number of anilines is 1. The molecular formula is C16H14ClF3N3O3-. The number of pyridine rings is 2. The molecule has 1 atom stereocenters. The van der Waals surface area contributed by atoms with Gasteiger partial charge in [-0.15, -0.1) is 0 Å². The van der Waals surface area contributed by atoms with Gasteiger partial charge in [0.05, 0.1) is 11.6 Å². The third-order valence-electron chi connectivity index (χ3n) is 3.73. The summed E-state index contributed by atoms with van der Waals surface area (Å²) in [4.78, 5) is 14.7. The maximum atomic E-state index is 14.6. The maximum absolute atomic E-state index is 14.6. The molecule has 0 fully saturated rings. The first-order chi connectivity index (χ1) is 12.2. The SMILES string of the molecule is CCC(C(=O)[O-])c1c(Cl)cnc(NCC(F)(F)c2cccc[n+]2[O-])c1F. The second kappa shape index (κ2) is 7.77. The Labute approximate surface area is 151 Å². The molecule has 0 saturated heterocycles. The monoisotopic (exact) mass is 388 g/mol. The summed E-state index contributed by atoms with van der Waals surface area (Å²) in [6.45, 7) is 0.354. The summed E-state index contributed by atoms with van der Waals surface area (Å²) in [5, 5.41) is 24.5. The highest BCUT2D eigenvalue weighted by Gasteiger charge is 2.39. The van der Waals surface area contributed by atoms with Crippen molar-refractivity contribution in [1.82, 2.24) is 4.98 Å². The van der Waals surface area contributed by atoms with Crippen LogP contribution in [-0.2, 0) is 10.7 Å². The summed E-state index contributed by atoms with van der Waals surface area (Å²) in [5.74, 6) is -8.29. The summed E-state index contributed by atoms with van der Waals surface area (Å²) in [6.07, 6.45) is 1.86. The lowest BCUT2D eigenvalue weighted by atomic mass is 9.97. The van der Waals surface area contributed by atoms with Gasteiger partial charge in [0.2, 0.25) is 0 Å². The molecule has 0 bridgehead atoms. The predicted octanol–water partition coefficient (Wildman–Crippen LogP) is 1.95. The molecule has 2 rings (SSSR count). The van der Waals surface area contributed by atoms with Crippen LogP contribution in [0.3, 0.4) is 0 Å². The van der Waals surface area contributed by atoms with Gasteiger partial charge in [0.1, 0.15) is 0 Å². The molecule has 0 radical (unpaired) electrons. The molecule has 2 heterocycles. The van der Waals surface area contributed by atoms with Gasteiger partial charge in [-0.25, -0.2) is 9.37 Å². The topological polar surface area (TPSA) is 92.0 Å². The smallest absolute Gasteiger partial charge is 0.347 e. The van der Waals surface area contributed by atoms with E-state index in [1.165, 1.54) is 19.1 Å².